The maximum absolute atomic E-state index is 12.6. The van der Waals surface area contributed by atoms with Crippen molar-refractivity contribution < 1.29 is 4.79 Å². The highest BCUT2D eigenvalue weighted by Gasteiger charge is 2.21. The zero-order valence-electron chi connectivity index (χ0n) is 16.3. The van der Waals surface area contributed by atoms with E-state index in [1.165, 1.54) is 11.1 Å². The lowest BCUT2D eigenvalue weighted by molar-refractivity contribution is -0.133. The summed E-state index contributed by atoms with van der Waals surface area (Å²) in [5.74, 6) is 0.250. The number of halogens is 1. The minimum absolute atomic E-state index is 0.250. The van der Waals surface area contributed by atoms with Gasteiger partial charge in [-0.05, 0) is 18.1 Å². The molecule has 4 rings (SSSR count). The van der Waals surface area contributed by atoms with Crippen LogP contribution in [0.15, 0.2) is 64.5 Å². The number of hydrogen-bond acceptors (Lipinski definition) is 4. The summed E-state index contributed by atoms with van der Waals surface area (Å²) in [6, 6.07) is 18.4. The summed E-state index contributed by atoms with van der Waals surface area (Å²) in [7, 11) is 0. The fourth-order valence-corrected chi connectivity index (χ4v) is 4.88. The molecule has 0 atom stereocenters. The topological polar surface area (TPSA) is 36.4 Å². The van der Waals surface area contributed by atoms with Crippen LogP contribution in [-0.4, -0.2) is 46.9 Å². The van der Waals surface area contributed by atoms with Crippen molar-refractivity contribution in [2.75, 3.05) is 26.2 Å². The van der Waals surface area contributed by atoms with Gasteiger partial charge in [-0.2, -0.15) is 0 Å². The number of amides is 1. The Hall–Kier alpha value is -2.02. The number of aromatic nitrogens is 1. The SMILES string of the molecule is O=C(CCc1ccccc1Br)N1CCN(Cc2csc(-c3ccccc3)n2)CC1. The number of carbonyl (C=O) groups excluding carboxylic acids is 1. The third-order valence-electron chi connectivity index (χ3n) is 5.25. The molecule has 6 heteroatoms. The van der Waals surface area contributed by atoms with Crippen LogP contribution in [0.4, 0.5) is 0 Å². The lowest BCUT2D eigenvalue weighted by Gasteiger charge is -2.34. The highest BCUT2D eigenvalue weighted by atomic mass is 79.9. The number of carbonyl (C=O) groups is 1. The zero-order valence-corrected chi connectivity index (χ0v) is 18.7. The predicted molar refractivity (Wildman–Crippen MR) is 122 cm³/mol. The lowest BCUT2D eigenvalue weighted by Crippen LogP contribution is -2.48. The van der Waals surface area contributed by atoms with Crippen LogP contribution >= 0.6 is 27.3 Å². The summed E-state index contributed by atoms with van der Waals surface area (Å²) < 4.78 is 1.08. The van der Waals surface area contributed by atoms with E-state index >= 15 is 0 Å². The van der Waals surface area contributed by atoms with E-state index in [0.29, 0.717) is 6.42 Å². The summed E-state index contributed by atoms with van der Waals surface area (Å²) in [6.07, 6.45) is 1.34. The van der Waals surface area contributed by atoms with Gasteiger partial charge in [0.25, 0.3) is 0 Å². The average molecular weight is 470 g/mol. The van der Waals surface area contributed by atoms with Crippen LogP contribution in [0.1, 0.15) is 17.7 Å². The van der Waals surface area contributed by atoms with Crippen LogP contribution in [0.2, 0.25) is 0 Å². The molecule has 1 aromatic heterocycles. The van der Waals surface area contributed by atoms with E-state index in [9.17, 15) is 4.79 Å². The average Bonchev–Trinajstić information content (AvgIpc) is 3.23. The summed E-state index contributed by atoms with van der Waals surface area (Å²) >= 11 is 5.26. The van der Waals surface area contributed by atoms with Gasteiger partial charge in [-0.1, -0.05) is 64.5 Å². The molecule has 0 bridgehead atoms. The van der Waals surface area contributed by atoms with Crippen LogP contribution < -0.4 is 0 Å². The van der Waals surface area contributed by atoms with Crippen molar-refractivity contribution in [1.29, 1.82) is 0 Å². The molecule has 0 spiro atoms. The summed E-state index contributed by atoms with van der Waals surface area (Å²) in [5.41, 5.74) is 3.48. The Kier molecular flexibility index (Phi) is 6.74. The molecule has 3 aromatic rings. The molecule has 2 aromatic carbocycles. The van der Waals surface area contributed by atoms with Crippen molar-refractivity contribution in [3.8, 4) is 10.6 Å². The number of thiazole rings is 1. The zero-order chi connectivity index (χ0) is 20.1. The molecule has 1 aliphatic rings. The molecule has 0 unspecified atom stereocenters. The molecule has 1 aliphatic heterocycles. The predicted octanol–water partition coefficient (Wildman–Crippen LogP) is 4.85. The normalized spacial score (nSPS) is 14.9. The summed E-state index contributed by atoms with van der Waals surface area (Å²) in [6.45, 7) is 4.25. The van der Waals surface area contributed by atoms with Crippen LogP contribution in [0.5, 0.6) is 0 Å². The Bertz CT molecular complexity index is 952. The monoisotopic (exact) mass is 469 g/mol. The first-order valence-electron chi connectivity index (χ1n) is 9.92. The number of rotatable bonds is 6. The maximum Gasteiger partial charge on any atom is 0.222 e. The highest BCUT2D eigenvalue weighted by molar-refractivity contribution is 9.10. The minimum Gasteiger partial charge on any atom is -0.340 e. The van der Waals surface area contributed by atoms with Crippen molar-refractivity contribution in [3.63, 3.8) is 0 Å². The van der Waals surface area contributed by atoms with Crippen LogP contribution in [-0.2, 0) is 17.8 Å². The largest absolute Gasteiger partial charge is 0.340 e. The summed E-state index contributed by atoms with van der Waals surface area (Å²) in [4.78, 5) is 21.8. The van der Waals surface area contributed by atoms with Gasteiger partial charge in [0.2, 0.25) is 5.91 Å². The van der Waals surface area contributed by atoms with Crippen molar-refractivity contribution in [3.05, 3.63) is 75.7 Å². The Balaban J connectivity index is 1.25. The quantitative estimate of drug-likeness (QED) is 0.517. The number of hydrogen-bond donors (Lipinski definition) is 0. The third kappa shape index (κ3) is 5.32. The molecule has 0 aliphatic carbocycles. The third-order valence-corrected chi connectivity index (χ3v) is 6.96. The molecule has 4 nitrogen and oxygen atoms in total. The van der Waals surface area contributed by atoms with E-state index in [2.05, 4.69) is 44.4 Å². The molecule has 0 radical (unpaired) electrons. The van der Waals surface area contributed by atoms with Crippen LogP contribution in [0.25, 0.3) is 10.6 Å². The Morgan fingerprint density at radius 1 is 1.00 bits per heavy atom. The number of aryl methyl sites for hydroxylation is 1. The van der Waals surface area contributed by atoms with Gasteiger partial charge >= 0.3 is 0 Å². The fourth-order valence-electron chi connectivity index (χ4n) is 3.58. The molecule has 1 fully saturated rings. The first-order chi connectivity index (χ1) is 14.2. The van der Waals surface area contributed by atoms with E-state index in [0.717, 1.165) is 54.3 Å². The van der Waals surface area contributed by atoms with Crippen molar-refractivity contribution in [2.24, 2.45) is 0 Å². The van der Waals surface area contributed by atoms with E-state index in [-0.39, 0.29) is 5.91 Å². The lowest BCUT2D eigenvalue weighted by atomic mass is 10.1. The van der Waals surface area contributed by atoms with Crippen molar-refractivity contribution >= 4 is 33.2 Å². The second-order valence-corrected chi connectivity index (χ2v) is 8.97. The molecular formula is C23H24BrN3OS. The van der Waals surface area contributed by atoms with Gasteiger partial charge in [-0.25, -0.2) is 4.98 Å². The minimum atomic E-state index is 0.250. The first kappa shape index (κ1) is 20.3. The van der Waals surface area contributed by atoms with Gasteiger partial charge in [0, 0.05) is 54.6 Å². The van der Waals surface area contributed by atoms with Gasteiger partial charge in [0.1, 0.15) is 5.01 Å². The van der Waals surface area contributed by atoms with E-state index in [4.69, 9.17) is 4.98 Å². The second-order valence-electron chi connectivity index (χ2n) is 7.26. The van der Waals surface area contributed by atoms with Crippen LogP contribution in [0, 0.1) is 0 Å². The molecule has 29 heavy (non-hydrogen) atoms. The molecular weight excluding hydrogens is 446 g/mol. The Morgan fingerprint density at radius 2 is 1.72 bits per heavy atom. The molecule has 150 valence electrons. The van der Waals surface area contributed by atoms with E-state index in [1.54, 1.807) is 11.3 Å². The van der Waals surface area contributed by atoms with E-state index in [1.807, 2.05) is 41.3 Å². The summed E-state index contributed by atoms with van der Waals surface area (Å²) in [5, 5.41) is 3.22. The van der Waals surface area contributed by atoms with Gasteiger partial charge in [-0.3, -0.25) is 9.69 Å². The maximum atomic E-state index is 12.6. The Labute approximate surface area is 184 Å². The Morgan fingerprint density at radius 3 is 2.48 bits per heavy atom. The molecule has 0 N–H and O–H groups in total. The van der Waals surface area contributed by atoms with Crippen molar-refractivity contribution in [1.82, 2.24) is 14.8 Å². The highest BCUT2D eigenvalue weighted by Crippen LogP contribution is 2.24. The number of piperazine rings is 1. The fraction of sp³-hybridized carbons (Fsp3) is 0.304. The number of benzene rings is 2. The van der Waals surface area contributed by atoms with Gasteiger partial charge in [0.05, 0.1) is 5.69 Å². The van der Waals surface area contributed by atoms with Crippen molar-refractivity contribution in [2.45, 2.75) is 19.4 Å². The van der Waals surface area contributed by atoms with Crippen LogP contribution in [0.3, 0.4) is 0 Å². The standard InChI is InChI=1S/C23H24BrN3OS/c24-21-9-5-4-6-18(21)10-11-22(28)27-14-12-26(13-15-27)16-20-17-29-23(25-20)19-7-2-1-3-8-19/h1-9,17H,10-16H2. The first-order valence-corrected chi connectivity index (χ1v) is 11.6. The van der Waals surface area contributed by atoms with E-state index < -0.39 is 0 Å². The smallest absolute Gasteiger partial charge is 0.222 e. The van der Waals surface area contributed by atoms with Gasteiger partial charge < -0.3 is 4.90 Å². The molecule has 1 saturated heterocycles. The molecule has 2 heterocycles. The van der Waals surface area contributed by atoms with Gasteiger partial charge in [-0.15, -0.1) is 11.3 Å². The molecule has 0 saturated carbocycles. The number of nitrogens with zero attached hydrogens (tertiary/aromatic N) is 3. The van der Waals surface area contributed by atoms with Gasteiger partial charge in [0.15, 0.2) is 0 Å². The second kappa shape index (κ2) is 9.65. The molecule has 1 amide bonds.